The van der Waals surface area contributed by atoms with Gasteiger partial charge in [-0.05, 0) is 18.8 Å². The topological polar surface area (TPSA) is 177 Å². The first kappa shape index (κ1) is 33.7. The molecule has 4 atom stereocenters. The van der Waals surface area contributed by atoms with Crippen molar-refractivity contribution in [1.29, 1.82) is 15.8 Å². The van der Waals surface area contributed by atoms with Crippen molar-refractivity contribution in [1.82, 2.24) is 0 Å². The molecular formula is C22H31N3O8. The van der Waals surface area contributed by atoms with Crippen molar-refractivity contribution in [3.63, 3.8) is 0 Å². The summed E-state index contributed by atoms with van der Waals surface area (Å²) in [5, 5.41) is 24.6. The minimum atomic E-state index is -0.565. The molecule has 2 unspecified atom stereocenters. The lowest BCUT2D eigenvalue weighted by Crippen LogP contribution is -2.27. The quantitative estimate of drug-likeness (QED) is 0.178. The normalized spacial score (nSPS) is 12.7. The standard InChI is InChI=1S/2C9H13NO4.C4H5N/c2*1-7(3-4-10)8(5-14-6-11)9(12)13-2;1-2-3-4-5/h2*6-8H,3,5H2,1-2H3;2-3H,1H3/b;;3-2+/t2*7-,8?;/m10./s1. The number of carbonyl (C=O) groups excluding carboxylic acids is 4. The summed E-state index contributed by atoms with van der Waals surface area (Å²) in [5.74, 6) is -2.43. The zero-order valence-electron chi connectivity index (χ0n) is 19.6. The average molecular weight is 466 g/mol. The SMILES string of the molecule is C/C=C/C#N.COC(=O)C(COC=O)[C@@H](C)CC#N.COC(=O)C(COC=O)[C@H](C)CC#N. The minimum absolute atomic E-state index is 0.0426. The lowest BCUT2D eigenvalue weighted by atomic mass is 9.92. The Balaban J connectivity index is -0.000000453. The van der Waals surface area contributed by atoms with Gasteiger partial charge in [-0.1, -0.05) is 19.9 Å². The van der Waals surface area contributed by atoms with Gasteiger partial charge in [-0.15, -0.1) is 0 Å². The molecule has 33 heavy (non-hydrogen) atoms. The monoisotopic (exact) mass is 465 g/mol. The molecule has 0 saturated heterocycles. The molecule has 182 valence electrons. The molecule has 0 aliphatic heterocycles. The van der Waals surface area contributed by atoms with Crippen molar-refractivity contribution in [2.45, 2.75) is 33.6 Å². The van der Waals surface area contributed by atoms with Crippen LogP contribution in [0.15, 0.2) is 12.2 Å². The number of nitriles is 3. The number of allylic oxidation sites excluding steroid dienone is 2. The Morgan fingerprint density at radius 2 is 1.18 bits per heavy atom. The number of nitrogens with zero attached hydrogens (tertiary/aromatic N) is 3. The zero-order valence-corrected chi connectivity index (χ0v) is 19.6. The van der Waals surface area contributed by atoms with E-state index in [9.17, 15) is 19.2 Å². The van der Waals surface area contributed by atoms with Crippen molar-refractivity contribution < 1.29 is 38.1 Å². The van der Waals surface area contributed by atoms with Crippen LogP contribution in [0, 0.1) is 57.7 Å². The van der Waals surface area contributed by atoms with E-state index >= 15 is 0 Å². The van der Waals surface area contributed by atoms with Gasteiger partial charge in [0.25, 0.3) is 12.9 Å². The van der Waals surface area contributed by atoms with Crippen molar-refractivity contribution >= 4 is 24.9 Å². The van der Waals surface area contributed by atoms with Gasteiger partial charge >= 0.3 is 11.9 Å². The average Bonchev–Trinajstić information content (AvgIpc) is 2.80. The third-order valence-electron chi connectivity index (χ3n) is 4.14. The molecule has 0 bridgehead atoms. The summed E-state index contributed by atoms with van der Waals surface area (Å²) >= 11 is 0. The highest BCUT2D eigenvalue weighted by atomic mass is 16.5. The number of rotatable bonds is 12. The predicted molar refractivity (Wildman–Crippen MR) is 114 cm³/mol. The number of hydrogen-bond donors (Lipinski definition) is 0. The van der Waals surface area contributed by atoms with E-state index < -0.39 is 23.8 Å². The molecule has 0 spiro atoms. The Labute approximate surface area is 194 Å². The lowest BCUT2D eigenvalue weighted by Gasteiger charge is -2.17. The molecule has 0 saturated carbocycles. The maximum Gasteiger partial charge on any atom is 0.312 e. The number of carbonyl (C=O) groups is 4. The fourth-order valence-corrected chi connectivity index (χ4v) is 2.16. The summed E-state index contributed by atoms with van der Waals surface area (Å²) in [6.45, 7) is 5.74. The molecule has 11 nitrogen and oxygen atoms in total. The molecule has 0 fully saturated rings. The van der Waals surface area contributed by atoms with Crippen LogP contribution in [0.1, 0.15) is 33.6 Å². The van der Waals surface area contributed by atoms with Crippen LogP contribution in [0.3, 0.4) is 0 Å². The lowest BCUT2D eigenvalue weighted by molar-refractivity contribution is -0.152. The fraction of sp³-hybridized carbons (Fsp3) is 0.591. The van der Waals surface area contributed by atoms with E-state index in [1.165, 1.54) is 20.3 Å². The Kier molecular flexibility index (Phi) is 24.9. The van der Waals surface area contributed by atoms with Crippen LogP contribution in [-0.4, -0.2) is 52.3 Å². The van der Waals surface area contributed by atoms with Crippen LogP contribution in [0.2, 0.25) is 0 Å². The molecule has 0 aliphatic carbocycles. The first-order valence-corrected chi connectivity index (χ1v) is 9.76. The number of methoxy groups -OCH3 is 2. The first-order chi connectivity index (χ1) is 15.7. The second-order valence-electron chi connectivity index (χ2n) is 6.43. The number of hydrogen-bond acceptors (Lipinski definition) is 11. The molecule has 0 aromatic rings. The summed E-state index contributed by atoms with van der Waals surface area (Å²) in [5.41, 5.74) is 0. The van der Waals surface area contributed by atoms with E-state index in [1.54, 1.807) is 19.9 Å². The van der Waals surface area contributed by atoms with E-state index in [0.29, 0.717) is 0 Å². The van der Waals surface area contributed by atoms with Crippen molar-refractivity contribution in [3.05, 3.63) is 12.2 Å². The van der Waals surface area contributed by atoms with Crippen molar-refractivity contribution in [3.8, 4) is 18.2 Å². The second kappa shape index (κ2) is 24.4. The third kappa shape index (κ3) is 18.6. The fourth-order valence-electron chi connectivity index (χ4n) is 2.16. The minimum Gasteiger partial charge on any atom is -0.469 e. The Morgan fingerprint density at radius 1 is 0.818 bits per heavy atom. The van der Waals surface area contributed by atoms with Crippen LogP contribution >= 0.6 is 0 Å². The molecule has 0 amide bonds. The van der Waals surface area contributed by atoms with E-state index in [0.717, 1.165) is 0 Å². The zero-order chi connectivity index (χ0) is 26.1. The van der Waals surface area contributed by atoms with Crippen molar-refractivity contribution in [2.75, 3.05) is 27.4 Å². The number of esters is 2. The summed E-state index contributed by atoms with van der Waals surface area (Å²) < 4.78 is 18.1. The maximum atomic E-state index is 11.2. The molecule has 0 radical (unpaired) electrons. The van der Waals surface area contributed by atoms with Gasteiger partial charge in [0.15, 0.2) is 0 Å². The van der Waals surface area contributed by atoms with Gasteiger partial charge in [-0.2, -0.15) is 15.8 Å². The summed E-state index contributed by atoms with van der Waals surface area (Å²) in [6, 6.07) is 5.74. The summed E-state index contributed by atoms with van der Waals surface area (Å²) in [7, 11) is 2.52. The highest BCUT2D eigenvalue weighted by molar-refractivity contribution is 5.73. The largest absolute Gasteiger partial charge is 0.469 e. The van der Waals surface area contributed by atoms with Gasteiger partial charge in [0, 0.05) is 18.9 Å². The molecule has 11 heteroatoms. The van der Waals surface area contributed by atoms with E-state index in [4.69, 9.17) is 15.8 Å². The second-order valence-corrected chi connectivity index (χ2v) is 6.43. The molecular weight excluding hydrogens is 434 g/mol. The maximum absolute atomic E-state index is 11.2. The third-order valence-corrected chi connectivity index (χ3v) is 4.14. The van der Waals surface area contributed by atoms with Gasteiger partial charge in [-0.3, -0.25) is 19.2 Å². The van der Waals surface area contributed by atoms with Crippen LogP contribution in [-0.2, 0) is 38.1 Å². The van der Waals surface area contributed by atoms with Gasteiger partial charge in [-0.25, -0.2) is 0 Å². The van der Waals surface area contributed by atoms with Crippen molar-refractivity contribution in [2.24, 2.45) is 23.7 Å². The highest BCUT2D eigenvalue weighted by Crippen LogP contribution is 2.17. The molecule has 0 aromatic heterocycles. The van der Waals surface area contributed by atoms with Crippen LogP contribution in [0.25, 0.3) is 0 Å². The number of ether oxygens (including phenoxy) is 4. The predicted octanol–water partition coefficient (Wildman–Crippen LogP) is 2.08. The van der Waals surface area contributed by atoms with E-state index in [1.807, 2.05) is 25.1 Å². The molecule has 0 rings (SSSR count). The first-order valence-electron chi connectivity index (χ1n) is 9.76. The molecule has 0 heterocycles. The van der Waals surface area contributed by atoms with Gasteiger partial charge in [0.2, 0.25) is 0 Å². The van der Waals surface area contributed by atoms with Gasteiger partial charge in [0.05, 0.1) is 44.3 Å². The van der Waals surface area contributed by atoms with Gasteiger partial charge in [0.1, 0.15) is 13.2 Å². The van der Waals surface area contributed by atoms with E-state index in [2.05, 4.69) is 18.9 Å². The highest BCUT2D eigenvalue weighted by Gasteiger charge is 2.27. The van der Waals surface area contributed by atoms with E-state index in [-0.39, 0.29) is 50.8 Å². The van der Waals surface area contributed by atoms with Crippen LogP contribution in [0.4, 0.5) is 0 Å². The van der Waals surface area contributed by atoms with Crippen LogP contribution in [0.5, 0.6) is 0 Å². The van der Waals surface area contributed by atoms with Gasteiger partial charge < -0.3 is 18.9 Å². The molecule has 0 aromatic carbocycles. The van der Waals surface area contributed by atoms with Crippen LogP contribution < -0.4 is 0 Å². The smallest absolute Gasteiger partial charge is 0.312 e. The summed E-state index contributed by atoms with van der Waals surface area (Å²) in [4.78, 5) is 42.3. The Hall–Kier alpha value is -3.91. The Morgan fingerprint density at radius 3 is 1.36 bits per heavy atom. The Bertz CT molecular complexity index is 669. The summed E-state index contributed by atoms with van der Waals surface area (Å²) in [6.07, 6.45) is 3.57. The molecule has 0 N–H and O–H groups in total. The molecule has 0 aliphatic rings.